The lowest BCUT2D eigenvalue weighted by atomic mass is 9.96. The summed E-state index contributed by atoms with van der Waals surface area (Å²) in [6.45, 7) is 5.82. The van der Waals surface area contributed by atoms with Gasteiger partial charge in [0.1, 0.15) is 5.75 Å². The fraction of sp³-hybridized carbons (Fsp3) is 0.619. The highest BCUT2D eigenvalue weighted by molar-refractivity contribution is 5.79. The zero-order chi connectivity index (χ0) is 19.2. The molecule has 0 N–H and O–H groups in total. The van der Waals surface area contributed by atoms with E-state index < -0.39 is 0 Å². The largest absolute Gasteiger partial charge is 0.484 e. The fourth-order valence-electron chi connectivity index (χ4n) is 4.00. The predicted octanol–water partition coefficient (Wildman–Crippen LogP) is 2.11. The number of amides is 2. The highest BCUT2D eigenvalue weighted by Crippen LogP contribution is 2.24. The number of hydrogen-bond donors (Lipinski definition) is 0. The topological polar surface area (TPSA) is 59.1 Å². The van der Waals surface area contributed by atoms with Crippen molar-refractivity contribution in [1.82, 2.24) is 9.80 Å². The molecule has 2 aliphatic rings. The molecule has 1 aromatic carbocycles. The summed E-state index contributed by atoms with van der Waals surface area (Å²) in [6, 6.07) is 7.74. The molecular formula is C21H30N2O4. The molecule has 3 rings (SSSR count). The van der Waals surface area contributed by atoms with E-state index in [0.717, 1.165) is 50.3 Å². The molecule has 1 unspecified atom stereocenters. The van der Waals surface area contributed by atoms with Crippen LogP contribution in [0, 0.1) is 18.8 Å². The van der Waals surface area contributed by atoms with Gasteiger partial charge in [-0.15, -0.1) is 0 Å². The lowest BCUT2D eigenvalue weighted by Gasteiger charge is -2.34. The van der Waals surface area contributed by atoms with Crippen LogP contribution < -0.4 is 4.74 Å². The van der Waals surface area contributed by atoms with Crippen molar-refractivity contribution >= 4 is 11.8 Å². The molecule has 6 heteroatoms. The van der Waals surface area contributed by atoms with Crippen molar-refractivity contribution in [1.29, 1.82) is 0 Å². The van der Waals surface area contributed by atoms with Gasteiger partial charge < -0.3 is 19.3 Å². The molecule has 0 spiro atoms. The highest BCUT2D eigenvalue weighted by Gasteiger charge is 2.32. The van der Waals surface area contributed by atoms with E-state index in [4.69, 9.17) is 9.47 Å². The molecule has 0 saturated carbocycles. The monoisotopic (exact) mass is 374 g/mol. The second-order valence-electron chi connectivity index (χ2n) is 7.75. The number of ether oxygens (including phenoxy) is 2. The molecule has 2 fully saturated rings. The first-order chi connectivity index (χ1) is 13.0. The first-order valence-corrected chi connectivity index (χ1v) is 9.79. The smallest absolute Gasteiger partial charge is 0.260 e. The number of methoxy groups -OCH3 is 1. The van der Waals surface area contributed by atoms with Crippen molar-refractivity contribution in [3.63, 3.8) is 0 Å². The molecule has 0 bridgehead atoms. The molecule has 2 heterocycles. The molecule has 2 saturated heterocycles. The number of piperidine rings is 1. The minimum atomic E-state index is 0.0346. The van der Waals surface area contributed by atoms with E-state index in [1.807, 2.05) is 41.0 Å². The van der Waals surface area contributed by atoms with Gasteiger partial charge in [0, 0.05) is 45.6 Å². The first-order valence-electron chi connectivity index (χ1n) is 9.79. The SMILES string of the molecule is COCC1CC(=O)N(CC2CCN(C(=O)COc3cccc(C)c3)CC2)C1. The molecule has 148 valence electrons. The number of rotatable bonds is 7. The van der Waals surface area contributed by atoms with Crippen LogP contribution in [0.4, 0.5) is 0 Å². The lowest BCUT2D eigenvalue weighted by Crippen LogP contribution is -2.43. The van der Waals surface area contributed by atoms with Gasteiger partial charge in [0.15, 0.2) is 6.61 Å². The summed E-state index contributed by atoms with van der Waals surface area (Å²) in [6.07, 6.45) is 2.48. The van der Waals surface area contributed by atoms with Crippen LogP contribution in [0.25, 0.3) is 0 Å². The van der Waals surface area contributed by atoms with Gasteiger partial charge >= 0.3 is 0 Å². The first kappa shape index (κ1) is 19.7. The van der Waals surface area contributed by atoms with Crippen molar-refractivity contribution in [3.05, 3.63) is 29.8 Å². The minimum absolute atomic E-state index is 0.0346. The molecule has 0 aromatic heterocycles. The Hall–Kier alpha value is -2.08. The van der Waals surface area contributed by atoms with E-state index in [-0.39, 0.29) is 18.4 Å². The van der Waals surface area contributed by atoms with Crippen molar-refractivity contribution in [3.8, 4) is 5.75 Å². The minimum Gasteiger partial charge on any atom is -0.484 e. The maximum atomic E-state index is 12.4. The van der Waals surface area contributed by atoms with E-state index in [1.165, 1.54) is 0 Å². The maximum Gasteiger partial charge on any atom is 0.260 e. The van der Waals surface area contributed by atoms with Crippen molar-refractivity contribution in [2.75, 3.05) is 46.5 Å². The van der Waals surface area contributed by atoms with Gasteiger partial charge in [0.2, 0.25) is 5.91 Å². The Balaban J connectivity index is 1.39. The Kier molecular flexibility index (Phi) is 6.72. The molecule has 0 aliphatic carbocycles. The summed E-state index contributed by atoms with van der Waals surface area (Å²) in [7, 11) is 1.68. The van der Waals surface area contributed by atoms with Gasteiger partial charge in [-0.1, -0.05) is 12.1 Å². The third-order valence-corrected chi connectivity index (χ3v) is 5.49. The summed E-state index contributed by atoms with van der Waals surface area (Å²) in [5.41, 5.74) is 1.12. The Morgan fingerprint density at radius 2 is 2.00 bits per heavy atom. The van der Waals surface area contributed by atoms with E-state index >= 15 is 0 Å². The van der Waals surface area contributed by atoms with Gasteiger partial charge in [-0.3, -0.25) is 9.59 Å². The fourth-order valence-corrected chi connectivity index (χ4v) is 4.00. The molecule has 2 aliphatic heterocycles. The standard InChI is InChI=1S/C21H30N2O4/c1-16-4-3-5-19(10-16)27-15-21(25)22-8-6-17(7-9-22)12-23-13-18(14-26-2)11-20(23)24/h3-5,10,17-18H,6-9,11-15H2,1-2H3. The number of carbonyl (C=O) groups is 2. The zero-order valence-corrected chi connectivity index (χ0v) is 16.4. The molecular weight excluding hydrogens is 344 g/mol. The van der Waals surface area contributed by atoms with Gasteiger partial charge in [-0.25, -0.2) is 0 Å². The molecule has 6 nitrogen and oxygen atoms in total. The number of benzene rings is 1. The second-order valence-corrected chi connectivity index (χ2v) is 7.75. The third-order valence-electron chi connectivity index (χ3n) is 5.49. The quantitative estimate of drug-likeness (QED) is 0.733. The van der Waals surface area contributed by atoms with Crippen LogP contribution in [0.5, 0.6) is 5.75 Å². The highest BCUT2D eigenvalue weighted by atomic mass is 16.5. The summed E-state index contributed by atoms with van der Waals surface area (Å²) in [5, 5.41) is 0. The Labute approximate surface area is 161 Å². The van der Waals surface area contributed by atoms with Gasteiger partial charge in [-0.2, -0.15) is 0 Å². The molecule has 2 amide bonds. The van der Waals surface area contributed by atoms with Gasteiger partial charge in [0.05, 0.1) is 6.61 Å². The molecule has 1 atom stereocenters. The second kappa shape index (κ2) is 9.22. The van der Waals surface area contributed by atoms with Crippen molar-refractivity contribution in [2.24, 2.45) is 11.8 Å². The van der Waals surface area contributed by atoms with Crippen LogP contribution >= 0.6 is 0 Å². The number of carbonyl (C=O) groups excluding carboxylic acids is 2. The van der Waals surface area contributed by atoms with E-state index in [2.05, 4.69) is 0 Å². The average Bonchev–Trinajstić information content (AvgIpc) is 3.00. The van der Waals surface area contributed by atoms with E-state index in [1.54, 1.807) is 7.11 Å². The molecule has 27 heavy (non-hydrogen) atoms. The molecule has 0 radical (unpaired) electrons. The van der Waals surface area contributed by atoms with Crippen LogP contribution in [0.3, 0.4) is 0 Å². The molecule has 1 aromatic rings. The summed E-state index contributed by atoms with van der Waals surface area (Å²) in [4.78, 5) is 28.4. The number of nitrogens with zero attached hydrogens (tertiary/aromatic N) is 2. The summed E-state index contributed by atoms with van der Waals surface area (Å²) < 4.78 is 10.8. The zero-order valence-electron chi connectivity index (χ0n) is 16.4. The van der Waals surface area contributed by atoms with E-state index in [0.29, 0.717) is 24.9 Å². The van der Waals surface area contributed by atoms with Crippen LogP contribution in [-0.2, 0) is 14.3 Å². The number of likely N-dealkylation sites (tertiary alicyclic amines) is 2. The average molecular weight is 374 g/mol. The normalized spacial score (nSPS) is 21.0. The summed E-state index contributed by atoms with van der Waals surface area (Å²) in [5.74, 6) is 1.80. The predicted molar refractivity (Wildman–Crippen MR) is 103 cm³/mol. The Bertz CT molecular complexity index is 655. The van der Waals surface area contributed by atoms with E-state index in [9.17, 15) is 9.59 Å². The van der Waals surface area contributed by atoms with Crippen molar-refractivity contribution < 1.29 is 19.1 Å². The van der Waals surface area contributed by atoms with Gasteiger partial charge in [-0.05, 0) is 43.4 Å². The maximum absolute atomic E-state index is 12.4. The lowest BCUT2D eigenvalue weighted by molar-refractivity contribution is -0.135. The Morgan fingerprint density at radius 3 is 2.70 bits per heavy atom. The van der Waals surface area contributed by atoms with Crippen LogP contribution in [0.2, 0.25) is 0 Å². The third kappa shape index (κ3) is 5.45. The number of hydrogen-bond acceptors (Lipinski definition) is 4. The van der Waals surface area contributed by atoms with Gasteiger partial charge in [0.25, 0.3) is 5.91 Å². The summed E-state index contributed by atoms with van der Waals surface area (Å²) >= 11 is 0. The Morgan fingerprint density at radius 1 is 1.22 bits per heavy atom. The van der Waals surface area contributed by atoms with Crippen LogP contribution in [0.15, 0.2) is 24.3 Å². The van der Waals surface area contributed by atoms with Crippen molar-refractivity contribution in [2.45, 2.75) is 26.2 Å². The van der Waals surface area contributed by atoms with Crippen LogP contribution in [-0.4, -0.2) is 68.1 Å². The number of aryl methyl sites for hydroxylation is 1. The van der Waals surface area contributed by atoms with Crippen LogP contribution in [0.1, 0.15) is 24.8 Å².